The standard InChI is InChI=1S/C15H16ClFN4OS/c1-3-9-10-12(11(17)13(16)18-9)19-15(23-2)20-14(10)21-5-4-7-22-8-6-21/h3H,1,4-8H2,2H3. The van der Waals surface area contributed by atoms with Gasteiger partial charge < -0.3 is 9.64 Å². The van der Waals surface area contributed by atoms with Gasteiger partial charge in [-0.25, -0.2) is 19.3 Å². The highest BCUT2D eigenvalue weighted by Gasteiger charge is 2.22. The molecule has 2 aromatic heterocycles. The number of fused-ring (bicyclic) bond motifs is 1. The van der Waals surface area contributed by atoms with Gasteiger partial charge in [0.25, 0.3) is 0 Å². The second-order valence-electron chi connectivity index (χ2n) is 5.02. The highest BCUT2D eigenvalue weighted by Crippen LogP contribution is 2.33. The van der Waals surface area contributed by atoms with Crippen molar-refractivity contribution in [1.82, 2.24) is 15.0 Å². The number of nitrogens with zero attached hydrogens (tertiary/aromatic N) is 4. The quantitative estimate of drug-likeness (QED) is 0.478. The van der Waals surface area contributed by atoms with Crippen molar-refractivity contribution < 1.29 is 9.13 Å². The van der Waals surface area contributed by atoms with Crippen molar-refractivity contribution in [2.45, 2.75) is 11.6 Å². The molecule has 1 fully saturated rings. The first-order valence-corrected chi connectivity index (χ1v) is 8.82. The molecule has 0 amide bonds. The molecule has 0 spiro atoms. The molecule has 0 radical (unpaired) electrons. The first-order chi connectivity index (χ1) is 11.2. The van der Waals surface area contributed by atoms with Gasteiger partial charge in [0, 0.05) is 19.7 Å². The molecule has 0 saturated carbocycles. The van der Waals surface area contributed by atoms with Gasteiger partial charge in [-0.2, -0.15) is 0 Å². The molecule has 0 aliphatic carbocycles. The number of aromatic nitrogens is 3. The predicted molar refractivity (Wildman–Crippen MR) is 91.8 cm³/mol. The van der Waals surface area contributed by atoms with Crippen molar-refractivity contribution in [2.75, 3.05) is 37.5 Å². The fourth-order valence-corrected chi connectivity index (χ4v) is 3.10. The van der Waals surface area contributed by atoms with Crippen molar-refractivity contribution >= 4 is 46.2 Å². The Morgan fingerprint density at radius 3 is 2.87 bits per heavy atom. The third-order valence-corrected chi connectivity index (χ3v) is 4.43. The number of halogens is 2. The molecule has 1 aliphatic heterocycles. The molecule has 23 heavy (non-hydrogen) atoms. The van der Waals surface area contributed by atoms with Crippen LogP contribution in [-0.4, -0.2) is 47.5 Å². The van der Waals surface area contributed by atoms with Crippen LogP contribution in [0.15, 0.2) is 11.7 Å². The van der Waals surface area contributed by atoms with E-state index < -0.39 is 5.82 Å². The molecule has 0 N–H and O–H groups in total. The van der Waals surface area contributed by atoms with Gasteiger partial charge in [-0.1, -0.05) is 29.9 Å². The van der Waals surface area contributed by atoms with Crippen LogP contribution in [-0.2, 0) is 4.74 Å². The average molecular weight is 355 g/mol. The lowest BCUT2D eigenvalue weighted by Gasteiger charge is -2.23. The molecule has 1 saturated heterocycles. The molecule has 3 rings (SSSR count). The van der Waals surface area contributed by atoms with Crippen molar-refractivity contribution in [3.63, 3.8) is 0 Å². The summed E-state index contributed by atoms with van der Waals surface area (Å²) in [6.45, 7) is 6.53. The molecule has 0 aromatic carbocycles. The number of rotatable bonds is 3. The summed E-state index contributed by atoms with van der Waals surface area (Å²) in [5, 5.41) is 0.832. The first kappa shape index (κ1) is 16.4. The summed E-state index contributed by atoms with van der Waals surface area (Å²) >= 11 is 7.26. The van der Waals surface area contributed by atoms with E-state index in [2.05, 4.69) is 26.4 Å². The minimum Gasteiger partial charge on any atom is -0.380 e. The van der Waals surface area contributed by atoms with Crippen molar-refractivity contribution in [3.05, 3.63) is 23.2 Å². The van der Waals surface area contributed by atoms with Crippen LogP contribution in [0.25, 0.3) is 17.0 Å². The number of hydrogen-bond acceptors (Lipinski definition) is 6. The summed E-state index contributed by atoms with van der Waals surface area (Å²) in [6.07, 6.45) is 4.28. The second kappa shape index (κ2) is 6.98. The number of anilines is 1. The molecule has 3 heterocycles. The maximum atomic E-state index is 14.5. The van der Waals surface area contributed by atoms with E-state index in [9.17, 15) is 4.39 Å². The molecule has 5 nitrogen and oxygen atoms in total. The fourth-order valence-electron chi connectivity index (χ4n) is 2.56. The largest absolute Gasteiger partial charge is 0.380 e. The van der Waals surface area contributed by atoms with Gasteiger partial charge >= 0.3 is 0 Å². The summed E-state index contributed by atoms with van der Waals surface area (Å²) in [4.78, 5) is 15.0. The van der Waals surface area contributed by atoms with Crippen LogP contribution >= 0.6 is 23.4 Å². The van der Waals surface area contributed by atoms with Gasteiger partial charge in [0.2, 0.25) is 0 Å². The number of pyridine rings is 1. The lowest BCUT2D eigenvalue weighted by atomic mass is 10.2. The predicted octanol–water partition coefficient (Wildman–Crippen LogP) is 3.41. The molecule has 1 aliphatic rings. The van der Waals surface area contributed by atoms with Crippen LogP contribution in [0, 0.1) is 5.82 Å². The maximum Gasteiger partial charge on any atom is 0.189 e. The van der Waals surface area contributed by atoms with Crippen LogP contribution < -0.4 is 4.90 Å². The Hall–Kier alpha value is -1.44. The van der Waals surface area contributed by atoms with Crippen molar-refractivity contribution in [3.8, 4) is 0 Å². The minimum atomic E-state index is -0.628. The summed E-state index contributed by atoms with van der Waals surface area (Å²) in [5.41, 5.74) is 0.665. The smallest absolute Gasteiger partial charge is 0.189 e. The third kappa shape index (κ3) is 3.13. The normalized spacial score (nSPS) is 15.7. The van der Waals surface area contributed by atoms with Gasteiger partial charge in [-0.3, -0.25) is 0 Å². The zero-order chi connectivity index (χ0) is 16.4. The summed E-state index contributed by atoms with van der Waals surface area (Å²) < 4.78 is 20.0. The number of thioether (sulfide) groups is 1. The summed E-state index contributed by atoms with van der Waals surface area (Å²) in [5.74, 6) is 0.0279. The van der Waals surface area contributed by atoms with Gasteiger partial charge in [0.05, 0.1) is 17.7 Å². The zero-order valence-electron chi connectivity index (χ0n) is 12.7. The summed E-state index contributed by atoms with van der Waals surface area (Å²) in [6, 6.07) is 0. The summed E-state index contributed by atoms with van der Waals surface area (Å²) in [7, 11) is 0. The van der Waals surface area contributed by atoms with Gasteiger partial charge in [-0.15, -0.1) is 0 Å². The Morgan fingerprint density at radius 2 is 2.13 bits per heavy atom. The second-order valence-corrected chi connectivity index (χ2v) is 6.15. The third-order valence-electron chi connectivity index (χ3n) is 3.63. The van der Waals surface area contributed by atoms with E-state index in [4.69, 9.17) is 16.3 Å². The van der Waals surface area contributed by atoms with Crippen LogP contribution in [0.3, 0.4) is 0 Å². The number of ether oxygens (including phenoxy) is 1. The topological polar surface area (TPSA) is 51.1 Å². The Kier molecular flexibility index (Phi) is 4.99. The van der Waals surface area contributed by atoms with Crippen LogP contribution in [0.2, 0.25) is 5.15 Å². The molecule has 2 aromatic rings. The van der Waals surface area contributed by atoms with E-state index in [-0.39, 0.29) is 10.7 Å². The van der Waals surface area contributed by atoms with E-state index >= 15 is 0 Å². The van der Waals surface area contributed by atoms with Crippen LogP contribution in [0.5, 0.6) is 0 Å². The minimum absolute atomic E-state index is 0.180. The molecule has 0 bridgehead atoms. The molecule has 0 atom stereocenters. The van der Waals surface area contributed by atoms with E-state index in [0.29, 0.717) is 41.8 Å². The highest BCUT2D eigenvalue weighted by molar-refractivity contribution is 7.98. The van der Waals surface area contributed by atoms with E-state index in [1.54, 1.807) is 6.08 Å². The first-order valence-electron chi connectivity index (χ1n) is 7.21. The maximum absolute atomic E-state index is 14.5. The SMILES string of the molecule is C=Cc1nc(Cl)c(F)c2nc(SC)nc(N3CCCOCC3)c12. The average Bonchev–Trinajstić information content (AvgIpc) is 2.86. The van der Waals surface area contributed by atoms with Crippen LogP contribution in [0.4, 0.5) is 10.2 Å². The molecular weight excluding hydrogens is 339 g/mol. The van der Waals surface area contributed by atoms with Gasteiger partial charge in [0.15, 0.2) is 16.1 Å². The van der Waals surface area contributed by atoms with Crippen molar-refractivity contribution in [1.29, 1.82) is 0 Å². The van der Waals surface area contributed by atoms with E-state index in [1.165, 1.54) is 11.8 Å². The van der Waals surface area contributed by atoms with Gasteiger partial charge in [0.1, 0.15) is 11.3 Å². The van der Waals surface area contributed by atoms with Crippen molar-refractivity contribution in [2.24, 2.45) is 0 Å². The molecule has 122 valence electrons. The Morgan fingerprint density at radius 1 is 1.30 bits per heavy atom. The Bertz CT molecular complexity index is 750. The molecule has 8 heteroatoms. The van der Waals surface area contributed by atoms with Crippen LogP contribution in [0.1, 0.15) is 12.1 Å². The molecular formula is C15H16ClFN4OS. The molecule has 0 unspecified atom stereocenters. The zero-order valence-corrected chi connectivity index (χ0v) is 14.3. The lowest BCUT2D eigenvalue weighted by molar-refractivity contribution is 0.152. The van der Waals surface area contributed by atoms with E-state index in [0.717, 1.165) is 13.0 Å². The lowest BCUT2D eigenvalue weighted by Crippen LogP contribution is -2.27. The number of hydrogen-bond donors (Lipinski definition) is 0. The Labute approximate surface area is 142 Å². The van der Waals surface area contributed by atoms with E-state index in [1.807, 2.05) is 6.26 Å². The monoisotopic (exact) mass is 354 g/mol. The fraction of sp³-hybridized carbons (Fsp3) is 0.400. The Balaban J connectivity index is 2.29. The van der Waals surface area contributed by atoms with Gasteiger partial charge in [-0.05, 0) is 18.8 Å². The highest BCUT2D eigenvalue weighted by atomic mass is 35.5.